The van der Waals surface area contributed by atoms with Gasteiger partial charge in [-0.05, 0) is 23.8 Å². The molecule has 0 aliphatic carbocycles. The van der Waals surface area contributed by atoms with Gasteiger partial charge in [-0.15, -0.1) is 11.3 Å². The van der Waals surface area contributed by atoms with Gasteiger partial charge < -0.3 is 5.32 Å². The van der Waals surface area contributed by atoms with E-state index in [9.17, 15) is 4.79 Å². The van der Waals surface area contributed by atoms with Crippen molar-refractivity contribution >= 4 is 28.3 Å². The predicted octanol–water partition coefficient (Wildman–Crippen LogP) is 4.02. The molecular weight excluding hydrogens is 318 g/mol. The molecule has 24 heavy (non-hydrogen) atoms. The monoisotopic (exact) mass is 333 g/mol. The first-order valence-corrected chi connectivity index (χ1v) is 8.52. The van der Waals surface area contributed by atoms with Gasteiger partial charge in [-0.1, -0.05) is 42.5 Å². The second-order valence-corrected chi connectivity index (χ2v) is 6.35. The summed E-state index contributed by atoms with van der Waals surface area (Å²) >= 11 is 1.44. The van der Waals surface area contributed by atoms with Crippen LogP contribution in [-0.4, -0.2) is 15.5 Å². The van der Waals surface area contributed by atoms with Gasteiger partial charge >= 0.3 is 0 Å². The third-order valence-electron chi connectivity index (χ3n) is 3.84. The van der Waals surface area contributed by atoms with Gasteiger partial charge in [0.1, 0.15) is 6.33 Å². The van der Waals surface area contributed by atoms with Gasteiger partial charge in [0.25, 0.3) is 5.91 Å². The minimum atomic E-state index is -0.0560. The molecule has 0 saturated heterocycles. The van der Waals surface area contributed by atoms with Crippen LogP contribution in [0.4, 0.5) is 0 Å². The van der Waals surface area contributed by atoms with Crippen LogP contribution in [0.3, 0.4) is 0 Å². The lowest BCUT2D eigenvalue weighted by Gasteiger charge is -2.03. The number of hydrogen-bond donors (Lipinski definition) is 1. The molecule has 1 amide bonds. The van der Waals surface area contributed by atoms with Crippen LogP contribution in [0.25, 0.3) is 16.7 Å². The summed E-state index contributed by atoms with van der Waals surface area (Å²) in [6.45, 7) is 0.529. The molecule has 0 atom stereocenters. The van der Waals surface area contributed by atoms with Crippen LogP contribution in [0.15, 0.2) is 72.4 Å². The van der Waals surface area contributed by atoms with E-state index in [0.717, 1.165) is 22.3 Å². The number of fused-ring (bicyclic) bond motifs is 1. The smallest absolute Gasteiger partial charge is 0.261 e. The fraction of sp³-hybridized carbons (Fsp3) is 0.0526. The van der Waals surface area contributed by atoms with Crippen molar-refractivity contribution in [1.82, 2.24) is 14.9 Å². The molecule has 4 nitrogen and oxygen atoms in total. The predicted molar refractivity (Wildman–Crippen MR) is 96.6 cm³/mol. The van der Waals surface area contributed by atoms with E-state index in [1.165, 1.54) is 11.3 Å². The molecule has 2 aromatic heterocycles. The fourth-order valence-electron chi connectivity index (χ4n) is 2.60. The van der Waals surface area contributed by atoms with Crippen molar-refractivity contribution in [2.24, 2.45) is 0 Å². The molecular formula is C19H15N3OS. The quantitative estimate of drug-likeness (QED) is 0.613. The van der Waals surface area contributed by atoms with Gasteiger partial charge in [-0.25, -0.2) is 4.98 Å². The summed E-state index contributed by atoms with van der Waals surface area (Å²) < 4.78 is 2.00. The van der Waals surface area contributed by atoms with E-state index in [1.54, 1.807) is 6.33 Å². The Kier molecular flexibility index (Phi) is 3.84. The molecule has 0 unspecified atom stereocenters. The van der Waals surface area contributed by atoms with Gasteiger partial charge in [0.05, 0.1) is 21.6 Å². The average molecular weight is 333 g/mol. The second kappa shape index (κ2) is 6.29. The Hall–Kier alpha value is -2.92. The zero-order valence-electron chi connectivity index (χ0n) is 12.8. The normalized spacial score (nSPS) is 10.8. The molecule has 0 radical (unpaired) electrons. The number of benzene rings is 2. The standard InChI is InChI=1S/C19H15N3OS/c23-19(20-11-14-6-2-1-3-7-14)18-10-15(12-24-18)22-13-21-16-8-4-5-9-17(16)22/h1-10,12-13H,11H2,(H,20,23). The maximum Gasteiger partial charge on any atom is 0.261 e. The minimum Gasteiger partial charge on any atom is -0.347 e. The lowest BCUT2D eigenvalue weighted by atomic mass is 10.2. The number of carbonyl (C=O) groups is 1. The van der Waals surface area contributed by atoms with Gasteiger partial charge in [0.15, 0.2) is 0 Å². The SMILES string of the molecule is O=C(NCc1ccccc1)c1cc(-n2cnc3ccccc32)cs1. The van der Waals surface area contributed by atoms with E-state index in [-0.39, 0.29) is 5.91 Å². The molecule has 4 rings (SSSR count). The summed E-state index contributed by atoms with van der Waals surface area (Å²) in [6.07, 6.45) is 1.79. The third kappa shape index (κ3) is 2.81. The number of nitrogens with one attached hydrogen (secondary N) is 1. The van der Waals surface area contributed by atoms with E-state index in [1.807, 2.05) is 70.6 Å². The number of amides is 1. The van der Waals surface area contributed by atoms with Crippen LogP contribution in [0, 0.1) is 0 Å². The molecule has 118 valence electrons. The number of thiophene rings is 1. The Balaban J connectivity index is 1.53. The zero-order chi connectivity index (χ0) is 16.4. The molecule has 0 bridgehead atoms. The zero-order valence-corrected chi connectivity index (χ0v) is 13.7. The molecule has 4 aromatic rings. The Bertz CT molecular complexity index is 988. The van der Waals surface area contributed by atoms with E-state index >= 15 is 0 Å². The summed E-state index contributed by atoms with van der Waals surface area (Å²) in [5, 5.41) is 4.94. The van der Waals surface area contributed by atoms with Crippen LogP contribution in [0.1, 0.15) is 15.2 Å². The Labute approximate surface area is 143 Å². The number of carbonyl (C=O) groups excluding carboxylic acids is 1. The number of hydrogen-bond acceptors (Lipinski definition) is 3. The van der Waals surface area contributed by atoms with Crippen molar-refractivity contribution in [3.63, 3.8) is 0 Å². The van der Waals surface area contributed by atoms with Crippen molar-refractivity contribution in [2.75, 3.05) is 0 Å². The van der Waals surface area contributed by atoms with E-state index in [2.05, 4.69) is 10.3 Å². The maximum atomic E-state index is 12.3. The van der Waals surface area contributed by atoms with Crippen LogP contribution in [0.5, 0.6) is 0 Å². The number of aromatic nitrogens is 2. The lowest BCUT2D eigenvalue weighted by molar-refractivity contribution is 0.0955. The van der Waals surface area contributed by atoms with Crippen molar-refractivity contribution in [1.29, 1.82) is 0 Å². The van der Waals surface area contributed by atoms with Crippen molar-refractivity contribution in [2.45, 2.75) is 6.54 Å². The lowest BCUT2D eigenvalue weighted by Crippen LogP contribution is -2.21. The average Bonchev–Trinajstić information content (AvgIpc) is 3.27. The molecule has 2 heterocycles. The van der Waals surface area contributed by atoms with Gasteiger partial charge in [-0.2, -0.15) is 0 Å². The Morgan fingerprint density at radius 3 is 2.75 bits per heavy atom. The highest BCUT2D eigenvalue weighted by Gasteiger charge is 2.11. The molecule has 1 N–H and O–H groups in total. The summed E-state index contributed by atoms with van der Waals surface area (Å²) in [4.78, 5) is 17.4. The highest BCUT2D eigenvalue weighted by Crippen LogP contribution is 2.23. The molecule has 5 heteroatoms. The highest BCUT2D eigenvalue weighted by molar-refractivity contribution is 7.12. The number of nitrogens with zero attached hydrogens (tertiary/aromatic N) is 2. The second-order valence-electron chi connectivity index (χ2n) is 5.44. The molecule has 2 aromatic carbocycles. The molecule has 0 fully saturated rings. The van der Waals surface area contributed by atoms with Crippen molar-refractivity contribution < 1.29 is 4.79 Å². The number of rotatable bonds is 4. The number of imidazole rings is 1. The first-order valence-electron chi connectivity index (χ1n) is 7.64. The summed E-state index contributed by atoms with van der Waals surface area (Å²) in [5.74, 6) is -0.0560. The van der Waals surface area contributed by atoms with Gasteiger partial charge in [0.2, 0.25) is 0 Å². The third-order valence-corrected chi connectivity index (χ3v) is 4.75. The van der Waals surface area contributed by atoms with Gasteiger partial charge in [0, 0.05) is 11.9 Å². The van der Waals surface area contributed by atoms with Crippen LogP contribution in [0.2, 0.25) is 0 Å². The largest absolute Gasteiger partial charge is 0.347 e. The highest BCUT2D eigenvalue weighted by atomic mass is 32.1. The molecule has 0 aliphatic heterocycles. The topological polar surface area (TPSA) is 46.9 Å². The van der Waals surface area contributed by atoms with E-state index in [4.69, 9.17) is 0 Å². The number of para-hydroxylation sites is 2. The summed E-state index contributed by atoms with van der Waals surface area (Å²) in [7, 11) is 0. The first kappa shape index (κ1) is 14.7. The summed E-state index contributed by atoms with van der Waals surface area (Å²) in [6, 6.07) is 19.8. The van der Waals surface area contributed by atoms with Crippen LogP contribution in [-0.2, 0) is 6.54 Å². The molecule has 0 aliphatic rings. The molecule has 0 saturated carbocycles. The van der Waals surface area contributed by atoms with Crippen LogP contribution >= 0.6 is 11.3 Å². The van der Waals surface area contributed by atoms with Gasteiger partial charge in [-0.3, -0.25) is 9.36 Å². The summed E-state index contributed by atoms with van der Waals surface area (Å²) in [5.41, 5.74) is 4.02. The fourth-order valence-corrected chi connectivity index (χ4v) is 3.40. The van der Waals surface area contributed by atoms with E-state index in [0.29, 0.717) is 11.4 Å². The van der Waals surface area contributed by atoms with Crippen molar-refractivity contribution in [3.05, 3.63) is 82.8 Å². The Morgan fingerprint density at radius 2 is 1.88 bits per heavy atom. The van der Waals surface area contributed by atoms with Crippen LogP contribution < -0.4 is 5.32 Å². The van der Waals surface area contributed by atoms with E-state index < -0.39 is 0 Å². The Morgan fingerprint density at radius 1 is 1.08 bits per heavy atom. The maximum absolute atomic E-state index is 12.3. The first-order chi connectivity index (χ1) is 11.8. The molecule has 0 spiro atoms. The minimum absolute atomic E-state index is 0.0560. The van der Waals surface area contributed by atoms with Crippen molar-refractivity contribution in [3.8, 4) is 5.69 Å².